The molecule has 0 saturated heterocycles. The number of carbonyl (C=O) groups is 2. The van der Waals surface area contributed by atoms with E-state index in [1.165, 1.54) is 12.8 Å². The first-order chi connectivity index (χ1) is 8.57. The number of unbranched alkanes of at least 4 members (excludes halogenated alkanes) is 5. The zero-order valence-electron chi connectivity index (χ0n) is 11.2. The highest BCUT2D eigenvalue weighted by Gasteiger charge is 2.07. The number of rotatable bonds is 11. The molecule has 18 heavy (non-hydrogen) atoms. The van der Waals surface area contributed by atoms with Gasteiger partial charge in [0, 0.05) is 12.0 Å². The highest BCUT2D eigenvalue weighted by Crippen LogP contribution is 2.12. The van der Waals surface area contributed by atoms with E-state index in [0.717, 1.165) is 19.3 Å². The van der Waals surface area contributed by atoms with Crippen LogP contribution in [0.2, 0.25) is 0 Å². The first-order valence-electron chi connectivity index (χ1n) is 6.72. The van der Waals surface area contributed by atoms with Crippen molar-refractivity contribution in [1.82, 2.24) is 0 Å². The second kappa shape index (κ2) is 10.8. The SMILES string of the molecule is CCCCCCC=C(CCCCC(=O)O)C(=O)O. The third kappa shape index (κ3) is 9.87. The molecule has 0 aromatic carbocycles. The lowest BCUT2D eigenvalue weighted by Gasteiger charge is -2.02. The molecule has 0 unspecified atom stereocenters. The lowest BCUT2D eigenvalue weighted by molar-refractivity contribution is -0.137. The van der Waals surface area contributed by atoms with Gasteiger partial charge in [0.2, 0.25) is 0 Å². The number of allylic oxidation sites excluding steroid dienone is 1. The highest BCUT2D eigenvalue weighted by molar-refractivity contribution is 5.86. The fourth-order valence-corrected chi connectivity index (χ4v) is 1.74. The zero-order chi connectivity index (χ0) is 13.8. The summed E-state index contributed by atoms with van der Waals surface area (Å²) in [4.78, 5) is 21.3. The number of carboxylic acids is 2. The van der Waals surface area contributed by atoms with Crippen LogP contribution in [0.5, 0.6) is 0 Å². The molecule has 0 amide bonds. The smallest absolute Gasteiger partial charge is 0.331 e. The van der Waals surface area contributed by atoms with E-state index in [1.54, 1.807) is 6.08 Å². The minimum absolute atomic E-state index is 0.114. The summed E-state index contributed by atoms with van der Waals surface area (Å²) in [6.07, 6.45) is 8.87. The van der Waals surface area contributed by atoms with Gasteiger partial charge in [-0.25, -0.2) is 4.79 Å². The molecule has 0 atom stereocenters. The summed E-state index contributed by atoms with van der Waals surface area (Å²) < 4.78 is 0. The quantitative estimate of drug-likeness (QED) is 0.437. The topological polar surface area (TPSA) is 74.6 Å². The third-order valence-corrected chi connectivity index (χ3v) is 2.81. The monoisotopic (exact) mass is 256 g/mol. The Kier molecular flexibility index (Phi) is 10.0. The van der Waals surface area contributed by atoms with Gasteiger partial charge in [0.05, 0.1) is 0 Å². The van der Waals surface area contributed by atoms with Crippen LogP contribution in [0.4, 0.5) is 0 Å². The fraction of sp³-hybridized carbons (Fsp3) is 0.714. The molecule has 0 aromatic rings. The van der Waals surface area contributed by atoms with Crippen LogP contribution >= 0.6 is 0 Å². The van der Waals surface area contributed by atoms with Gasteiger partial charge in [0.1, 0.15) is 0 Å². The van der Waals surface area contributed by atoms with Gasteiger partial charge in [-0.3, -0.25) is 4.79 Å². The molecule has 4 heteroatoms. The number of carboxylic acid groups (broad SMARTS) is 2. The van der Waals surface area contributed by atoms with Crippen LogP contribution in [-0.2, 0) is 9.59 Å². The summed E-state index contributed by atoms with van der Waals surface area (Å²) in [5.74, 6) is -1.70. The van der Waals surface area contributed by atoms with Gasteiger partial charge in [-0.15, -0.1) is 0 Å². The van der Waals surface area contributed by atoms with E-state index in [-0.39, 0.29) is 6.42 Å². The van der Waals surface area contributed by atoms with Crippen molar-refractivity contribution < 1.29 is 19.8 Å². The van der Waals surface area contributed by atoms with Gasteiger partial charge in [-0.05, 0) is 32.1 Å². The molecule has 0 fully saturated rings. The van der Waals surface area contributed by atoms with Crippen molar-refractivity contribution in [3.05, 3.63) is 11.6 Å². The Balaban J connectivity index is 3.87. The predicted molar refractivity (Wildman–Crippen MR) is 70.6 cm³/mol. The minimum atomic E-state index is -0.874. The number of aliphatic carboxylic acids is 2. The molecule has 0 aliphatic carbocycles. The van der Waals surface area contributed by atoms with Crippen molar-refractivity contribution >= 4 is 11.9 Å². The van der Waals surface area contributed by atoms with Gasteiger partial charge in [0.15, 0.2) is 0 Å². The van der Waals surface area contributed by atoms with E-state index in [2.05, 4.69) is 6.92 Å². The van der Waals surface area contributed by atoms with Crippen LogP contribution in [0.1, 0.15) is 64.7 Å². The van der Waals surface area contributed by atoms with Crippen LogP contribution < -0.4 is 0 Å². The molecule has 2 N–H and O–H groups in total. The van der Waals surface area contributed by atoms with Gasteiger partial charge < -0.3 is 10.2 Å². The van der Waals surface area contributed by atoms with Crippen LogP contribution in [0.25, 0.3) is 0 Å². The zero-order valence-corrected chi connectivity index (χ0v) is 11.2. The first kappa shape index (κ1) is 16.7. The fourth-order valence-electron chi connectivity index (χ4n) is 1.74. The molecule has 0 bridgehead atoms. The van der Waals surface area contributed by atoms with Crippen LogP contribution in [0.3, 0.4) is 0 Å². The average molecular weight is 256 g/mol. The Hall–Kier alpha value is -1.32. The number of hydrogen-bond donors (Lipinski definition) is 2. The summed E-state index contributed by atoms with van der Waals surface area (Å²) in [5, 5.41) is 17.5. The first-order valence-corrected chi connectivity index (χ1v) is 6.72. The van der Waals surface area contributed by atoms with E-state index in [9.17, 15) is 9.59 Å². The minimum Gasteiger partial charge on any atom is -0.481 e. The van der Waals surface area contributed by atoms with E-state index < -0.39 is 11.9 Å². The predicted octanol–water partition coefficient (Wildman–Crippen LogP) is 3.61. The second-order valence-electron chi connectivity index (χ2n) is 4.48. The maximum absolute atomic E-state index is 11.0. The molecule has 0 spiro atoms. The van der Waals surface area contributed by atoms with E-state index in [0.29, 0.717) is 24.8 Å². The Bertz CT molecular complexity index is 282. The summed E-state index contributed by atoms with van der Waals surface area (Å²) in [6.45, 7) is 2.14. The normalized spacial score (nSPS) is 11.5. The second-order valence-corrected chi connectivity index (χ2v) is 4.48. The molecule has 104 valence electrons. The van der Waals surface area contributed by atoms with Crippen LogP contribution in [-0.4, -0.2) is 22.2 Å². The lowest BCUT2D eigenvalue weighted by Crippen LogP contribution is -2.01. The molecule has 0 heterocycles. The Morgan fingerprint density at radius 1 is 0.944 bits per heavy atom. The largest absolute Gasteiger partial charge is 0.481 e. The van der Waals surface area contributed by atoms with Crippen molar-refractivity contribution in [2.24, 2.45) is 0 Å². The molecule has 0 aromatic heterocycles. The summed E-state index contributed by atoms with van der Waals surface area (Å²) in [7, 11) is 0. The van der Waals surface area contributed by atoms with Gasteiger partial charge in [-0.2, -0.15) is 0 Å². The highest BCUT2D eigenvalue weighted by atomic mass is 16.4. The van der Waals surface area contributed by atoms with E-state index >= 15 is 0 Å². The van der Waals surface area contributed by atoms with Crippen molar-refractivity contribution in [1.29, 1.82) is 0 Å². The van der Waals surface area contributed by atoms with Gasteiger partial charge >= 0.3 is 11.9 Å². The summed E-state index contributed by atoms with van der Waals surface area (Å²) >= 11 is 0. The number of hydrogen-bond acceptors (Lipinski definition) is 2. The maximum Gasteiger partial charge on any atom is 0.331 e. The molecule has 0 rings (SSSR count). The summed E-state index contributed by atoms with van der Waals surface area (Å²) in [5.41, 5.74) is 0.428. The molecule has 0 saturated carbocycles. The van der Waals surface area contributed by atoms with Crippen molar-refractivity contribution in [2.75, 3.05) is 0 Å². The Morgan fingerprint density at radius 2 is 1.61 bits per heavy atom. The van der Waals surface area contributed by atoms with E-state index in [1.807, 2.05) is 0 Å². The molecule has 0 radical (unpaired) electrons. The van der Waals surface area contributed by atoms with Crippen molar-refractivity contribution in [3.8, 4) is 0 Å². The maximum atomic E-state index is 11.0. The Labute approximate surface area is 109 Å². The molecule has 0 aliphatic rings. The summed E-state index contributed by atoms with van der Waals surface area (Å²) in [6, 6.07) is 0. The van der Waals surface area contributed by atoms with E-state index in [4.69, 9.17) is 10.2 Å². The standard InChI is InChI=1S/C14H24O4/c1-2-3-4-5-6-9-12(14(17)18)10-7-8-11-13(15)16/h9H,2-8,10-11H2,1H3,(H,15,16)(H,17,18). The third-order valence-electron chi connectivity index (χ3n) is 2.81. The van der Waals surface area contributed by atoms with Crippen molar-refractivity contribution in [3.63, 3.8) is 0 Å². The van der Waals surface area contributed by atoms with Gasteiger partial charge in [-0.1, -0.05) is 32.3 Å². The van der Waals surface area contributed by atoms with Crippen LogP contribution in [0, 0.1) is 0 Å². The van der Waals surface area contributed by atoms with Crippen LogP contribution in [0.15, 0.2) is 11.6 Å². The molecule has 4 nitrogen and oxygen atoms in total. The van der Waals surface area contributed by atoms with Gasteiger partial charge in [0.25, 0.3) is 0 Å². The molecular formula is C14H24O4. The van der Waals surface area contributed by atoms with Crippen molar-refractivity contribution in [2.45, 2.75) is 64.7 Å². The Morgan fingerprint density at radius 3 is 2.17 bits per heavy atom. The lowest BCUT2D eigenvalue weighted by atomic mass is 10.0. The average Bonchev–Trinajstić information content (AvgIpc) is 2.30. The molecular weight excluding hydrogens is 232 g/mol. The molecule has 0 aliphatic heterocycles.